The van der Waals surface area contributed by atoms with Crippen molar-refractivity contribution in [3.05, 3.63) is 59.1 Å². The van der Waals surface area contributed by atoms with Gasteiger partial charge in [0.2, 0.25) is 10.0 Å². The van der Waals surface area contributed by atoms with E-state index in [9.17, 15) is 23.2 Å². The zero-order valence-corrected chi connectivity index (χ0v) is 14.9. The lowest BCUT2D eigenvalue weighted by Crippen LogP contribution is -2.35. The SMILES string of the molecule is CNS(=O)(=O)c1cc(NC(=O)COC(=O)c2cccc[n+]2[O-])ccc1C. The second kappa shape index (κ2) is 7.93. The highest BCUT2D eigenvalue weighted by Crippen LogP contribution is 2.19. The number of sulfonamides is 1. The minimum Gasteiger partial charge on any atom is -0.618 e. The van der Waals surface area contributed by atoms with E-state index >= 15 is 0 Å². The van der Waals surface area contributed by atoms with Crippen molar-refractivity contribution in [3.8, 4) is 0 Å². The molecular weight excluding hydrogens is 362 g/mol. The molecule has 0 fully saturated rings. The van der Waals surface area contributed by atoms with Crippen molar-refractivity contribution in [2.45, 2.75) is 11.8 Å². The van der Waals surface area contributed by atoms with Crippen molar-refractivity contribution in [2.75, 3.05) is 19.0 Å². The second-order valence-electron chi connectivity index (χ2n) is 5.22. The number of hydrogen-bond donors (Lipinski definition) is 2. The molecule has 0 unspecified atom stereocenters. The van der Waals surface area contributed by atoms with E-state index in [0.29, 0.717) is 10.3 Å². The number of aromatic nitrogens is 1. The van der Waals surface area contributed by atoms with Gasteiger partial charge in [-0.15, -0.1) is 0 Å². The van der Waals surface area contributed by atoms with Crippen molar-refractivity contribution < 1.29 is 27.5 Å². The molecule has 0 aliphatic heterocycles. The number of carbonyl (C=O) groups excluding carboxylic acids is 2. The predicted molar refractivity (Wildman–Crippen MR) is 91.7 cm³/mol. The molecule has 0 aliphatic rings. The summed E-state index contributed by atoms with van der Waals surface area (Å²) in [7, 11) is -2.39. The number of nitrogens with one attached hydrogen (secondary N) is 2. The first-order valence-electron chi connectivity index (χ1n) is 7.44. The third-order valence-corrected chi connectivity index (χ3v) is 4.95. The summed E-state index contributed by atoms with van der Waals surface area (Å²) in [5, 5.41) is 13.9. The summed E-state index contributed by atoms with van der Waals surface area (Å²) in [5.74, 6) is -1.62. The Morgan fingerprint density at radius 1 is 1.23 bits per heavy atom. The summed E-state index contributed by atoms with van der Waals surface area (Å²) in [5.41, 5.74) is 0.481. The zero-order valence-electron chi connectivity index (χ0n) is 14.1. The normalized spacial score (nSPS) is 11.0. The molecule has 1 aromatic heterocycles. The molecule has 1 aromatic carbocycles. The van der Waals surface area contributed by atoms with Gasteiger partial charge in [-0.1, -0.05) is 6.07 Å². The molecular formula is C16H17N3O6S. The Bertz CT molecular complexity index is 943. The first-order chi connectivity index (χ1) is 12.2. The van der Waals surface area contributed by atoms with Gasteiger partial charge in [-0.3, -0.25) is 4.79 Å². The van der Waals surface area contributed by atoms with E-state index < -0.39 is 28.5 Å². The van der Waals surface area contributed by atoms with Crippen LogP contribution in [-0.4, -0.2) is 33.9 Å². The van der Waals surface area contributed by atoms with Gasteiger partial charge in [0.15, 0.2) is 12.8 Å². The minimum absolute atomic E-state index is 0.0199. The van der Waals surface area contributed by atoms with Crippen molar-refractivity contribution in [1.82, 2.24) is 4.72 Å². The van der Waals surface area contributed by atoms with E-state index in [1.54, 1.807) is 6.92 Å². The van der Waals surface area contributed by atoms with E-state index in [4.69, 9.17) is 4.74 Å². The maximum absolute atomic E-state index is 11.9. The van der Waals surface area contributed by atoms with Gasteiger partial charge in [-0.2, -0.15) is 4.73 Å². The number of aryl methyl sites for hydroxylation is 1. The number of benzene rings is 1. The average Bonchev–Trinajstić information content (AvgIpc) is 2.61. The van der Waals surface area contributed by atoms with Crippen LogP contribution in [-0.2, 0) is 19.6 Å². The number of carbonyl (C=O) groups is 2. The first kappa shape index (κ1) is 19.3. The quantitative estimate of drug-likeness (QED) is 0.423. The van der Waals surface area contributed by atoms with Crippen molar-refractivity contribution in [3.63, 3.8) is 0 Å². The Balaban J connectivity index is 2.03. The van der Waals surface area contributed by atoms with Crippen LogP contribution in [0, 0.1) is 12.1 Å². The lowest BCUT2D eigenvalue weighted by atomic mass is 10.2. The van der Waals surface area contributed by atoms with Crippen LogP contribution in [0.1, 0.15) is 16.1 Å². The number of esters is 1. The van der Waals surface area contributed by atoms with Gasteiger partial charge in [0.05, 0.1) is 4.90 Å². The topological polar surface area (TPSA) is 129 Å². The molecule has 0 aliphatic carbocycles. The van der Waals surface area contributed by atoms with Crippen molar-refractivity contribution >= 4 is 27.6 Å². The van der Waals surface area contributed by atoms with Crippen LogP contribution >= 0.6 is 0 Å². The van der Waals surface area contributed by atoms with Gasteiger partial charge in [0, 0.05) is 17.8 Å². The van der Waals surface area contributed by atoms with Gasteiger partial charge in [0.25, 0.3) is 5.91 Å². The smallest absolute Gasteiger partial charge is 0.405 e. The van der Waals surface area contributed by atoms with Crippen molar-refractivity contribution in [2.24, 2.45) is 0 Å². The Labute approximate surface area is 150 Å². The van der Waals surface area contributed by atoms with E-state index in [1.807, 2.05) is 0 Å². The molecule has 138 valence electrons. The first-order valence-corrected chi connectivity index (χ1v) is 8.92. The molecule has 0 spiro atoms. The fraction of sp³-hybridized carbons (Fsp3) is 0.188. The number of rotatable bonds is 6. The lowest BCUT2D eigenvalue weighted by molar-refractivity contribution is -0.608. The maximum atomic E-state index is 11.9. The van der Waals surface area contributed by atoms with Crippen LogP contribution in [0.25, 0.3) is 0 Å². The third kappa shape index (κ3) is 4.55. The highest BCUT2D eigenvalue weighted by Gasteiger charge is 2.19. The molecule has 1 amide bonds. The molecule has 2 N–H and O–H groups in total. The van der Waals surface area contributed by atoms with E-state index in [2.05, 4.69) is 10.0 Å². The van der Waals surface area contributed by atoms with Crippen LogP contribution < -0.4 is 14.8 Å². The molecule has 1 heterocycles. The summed E-state index contributed by atoms with van der Waals surface area (Å²) in [6, 6.07) is 8.56. The largest absolute Gasteiger partial charge is 0.618 e. The summed E-state index contributed by atoms with van der Waals surface area (Å²) < 4.78 is 31.2. The minimum atomic E-state index is -3.68. The van der Waals surface area contributed by atoms with Gasteiger partial charge in [0.1, 0.15) is 0 Å². The lowest BCUT2D eigenvalue weighted by Gasteiger charge is -2.10. The Morgan fingerprint density at radius 2 is 1.96 bits per heavy atom. The van der Waals surface area contributed by atoms with Crippen molar-refractivity contribution in [1.29, 1.82) is 0 Å². The number of anilines is 1. The molecule has 0 saturated heterocycles. The standard InChI is InChI=1S/C16H17N3O6S/c1-11-6-7-12(9-14(11)26(23,24)17-2)18-15(20)10-25-16(21)13-5-3-4-8-19(13)22/h3-9,17H,10H2,1-2H3,(H,18,20). The number of pyridine rings is 1. The number of hydrogen-bond acceptors (Lipinski definition) is 6. The summed E-state index contributed by atoms with van der Waals surface area (Å²) >= 11 is 0. The molecule has 2 aromatic rings. The second-order valence-corrected chi connectivity index (χ2v) is 7.08. The van der Waals surface area contributed by atoms with E-state index in [0.717, 1.165) is 6.20 Å². The number of amides is 1. The molecule has 10 heteroatoms. The van der Waals surface area contributed by atoms with Gasteiger partial charge in [-0.25, -0.2) is 17.9 Å². The van der Waals surface area contributed by atoms with Crippen LogP contribution in [0.2, 0.25) is 0 Å². The van der Waals surface area contributed by atoms with E-state index in [-0.39, 0.29) is 16.3 Å². The van der Waals surface area contributed by atoms with Crippen LogP contribution in [0.15, 0.2) is 47.5 Å². The molecule has 9 nitrogen and oxygen atoms in total. The van der Waals surface area contributed by atoms with Gasteiger partial charge in [-0.05, 0) is 37.7 Å². The fourth-order valence-corrected chi connectivity index (χ4v) is 3.06. The predicted octanol–water partition coefficient (Wildman–Crippen LogP) is 0.332. The van der Waals surface area contributed by atoms with Crippen LogP contribution in [0.3, 0.4) is 0 Å². The highest BCUT2D eigenvalue weighted by molar-refractivity contribution is 7.89. The van der Waals surface area contributed by atoms with Gasteiger partial charge >= 0.3 is 11.7 Å². The molecule has 0 saturated carbocycles. The molecule has 2 rings (SSSR count). The maximum Gasteiger partial charge on any atom is 0.405 e. The van der Waals surface area contributed by atoms with Crippen LogP contribution in [0.4, 0.5) is 5.69 Å². The Hall–Kier alpha value is -2.98. The number of ether oxygens (including phenoxy) is 1. The molecule has 0 radical (unpaired) electrons. The van der Waals surface area contributed by atoms with E-state index in [1.165, 1.54) is 43.4 Å². The monoisotopic (exact) mass is 379 g/mol. The molecule has 26 heavy (non-hydrogen) atoms. The van der Waals surface area contributed by atoms with Gasteiger partial charge < -0.3 is 15.3 Å². The fourth-order valence-electron chi connectivity index (χ4n) is 2.07. The molecule has 0 atom stereocenters. The Kier molecular flexibility index (Phi) is 5.90. The summed E-state index contributed by atoms with van der Waals surface area (Å²) in [6.07, 6.45) is 1.13. The zero-order chi connectivity index (χ0) is 19.3. The molecule has 0 bridgehead atoms. The summed E-state index contributed by atoms with van der Waals surface area (Å²) in [4.78, 5) is 23.7. The van der Waals surface area contributed by atoms with Crippen LogP contribution in [0.5, 0.6) is 0 Å². The third-order valence-electron chi connectivity index (χ3n) is 3.40. The summed E-state index contributed by atoms with van der Waals surface area (Å²) in [6.45, 7) is 0.991. The highest BCUT2D eigenvalue weighted by atomic mass is 32.2. The Morgan fingerprint density at radius 3 is 2.62 bits per heavy atom. The average molecular weight is 379 g/mol. The number of nitrogens with zero attached hydrogens (tertiary/aromatic N) is 1.